The molecule has 3 aromatic rings. The van der Waals surface area contributed by atoms with Crippen LogP contribution in [-0.2, 0) is 0 Å². The van der Waals surface area contributed by atoms with Gasteiger partial charge in [0.05, 0.1) is 10.7 Å². The highest BCUT2D eigenvalue weighted by Gasteiger charge is 2.13. The molecule has 6 heteroatoms. The smallest absolute Gasteiger partial charge is 0.261 e. The summed E-state index contributed by atoms with van der Waals surface area (Å²) in [4.78, 5) is 27.2. The van der Waals surface area contributed by atoms with E-state index in [-0.39, 0.29) is 5.56 Å². The van der Waals surface area contributed by atoms with E-state index in [1.807, 2.05) is 30.3 Å². The number of aromatic amines is 1. The van der Waals surface area contributed by atoms with Gasteiger partial charge in [-0.3, -0.25) is 9.59 Å². The summed E-state index contributed by atoms with van der Waals surface area (Å²) in [6.07, 6.45) is 0. The predicted molar refractivity (Wildman–Crippen MR) is 96.9 cm³/mol. The van der Waals surface area contributed by atoms with E-state index in [2.05, 4.69) is 10.3 Å². The summed E-state index contributed by atoms with van der Waals surface area (Å²) >= 11 is 11.8. The van der Waals surface area contributed by atoms with Crippen molar-refractivity contribution in [2.75, 3.05) is 5.32 Å². The van der Waals surface area contributed by atoms with Crippen molar-refractivity contribution in [2.45, 2.75) is 0 Å². The number of hydrogen-bond acceptors (Lipinski definition) is 2. The molecule has 1 heterocycles. The van der Waals surface area contributed by atoms with Gasteiger partial charge in [0.15, 0.2) is 0 Å². The lowest BCUT2D eigenvalue weighted by molar-refractivity contribution is 0.102. The number of halogens is 2. The second-order valence-electron chi connectivity index (χ2n) is 5.06. The van der Waals surface area contributed by atoms with Crippen LogP contribution >= 0.6 is 23.2 Å². The summed E-state index contributed by atoms with van der Waals surface area (Å²) in [7, 11) is 0. The molecule has 0 fully saturated rings. The van der Waals surface area contributed by atoms with Crippen LogP contribution in [0.15, 0.2) is 65.5 Å². The normalized spacial score (nSPS) is 10.4. The zero-order chi connectivity index (χ0) is 17.1. The summed E-state index contributed by atoms with van der Waals surface area (Å²) in [6, 6.07) is 17.3. The van der Waals surface area contributed by atoms with Crippen LogP contribution in [0.25, 0.3) is 11.3 Å². The molecular formula is C18H12Cl2N2O2. The van der Waals surface area contributed by atoms with Crippen molar-refractivity contribution in [3.8, 4) is 11.3 Å². The first-order valence-corrected chi connectivity index (χ1v) is 7.85. The van der Waals surface area contributed by atoms with Gasteiger partial charge < -0.3 is 10.3 Å². The van der Waals surface area contributed by atoms with Crippen LogP contribution in [0.2, 0.25) is 10.0 Å². The van der Waals surface area contributed by atoms with Crippen LogP contribution in [0.5, 0.6) is 0 Å². The maximum absolute atomic E-state index is 12.3. The molecule has 0 radical (unpaired) electrons. The lowest BCUT2D eigenvalue weighted by Crippen LogP contribution is -2.23. The van der Waals surface area contributed by atoms with E-state index in [9.17, 15) is 9.59 Å². The maximum atomic E-state index is 12.3. The molecule has 24 heavy (non-hydrogen) atoms. The molecule has 1 aromatic heterocycles. The number of nitrogens with one attached hydrogen (secondary N) is 2. The zero-order valence-corrected chi connectivity index (χ0v) is 13.9. The fraction of sp³-hybridized carbons (Fsp3) is 0. The van der Waals surface area contributed by atoms with Crippen LogP contribution in [0.1, 0.15) is 10.4 Å². The first kappa shape index (κ1) is 16.3. The molecule has 1 amide bonds. The minimum atomic E-state index is -0.542. The number of pyridine rings is 1. The Labute approximate surface area is 148 Å². The summed E-state index contributed by atoms with van der Waals surface area (Å²) < 4.78 is 0. The third-order valence-corrected chi connectivity index (χ3v) is 3.97. The van der Waals surface area contributed by atoms with E-state index < -0.39 is 11.5 Å². The third-order valence-electron chi connectivity index (χ3n) is 3.42. The van der Waals surface area contributed by atoms with E-state index in [1.165, 1.54) is 12.1 Å². The highest BCUT2D eigenvalue weighted by atomic mass is 35.5. The molecule has 0 aliphatic rings. The first-order chi connectivity index (χ1) is 11.5. The van der Waals surface area contributed by atoms with Gasteiger partial charge in [0.25, 0.3) is 11.5 Å². The van der Waals surface area contributed by atoms with Crippen molar-refractivity contribution in [2.24, 2.45) is 0 Å². The number of aromatic nitrogens is 1. The van der Waals surface area contributed by atoms with E-state index in [0.29, 0.717) is 21.4 Å². The van der Waals surface area contributed by atoms with Crippen LogP contribution in [-0.4, -0.2) is 10.9 Å². The van der Waals surface area contributed by atoms with Crippen molar-refractivity contribution < 1.29 is 4.79 Å². The van der Waals surface area contributed by atoms with E-state index in [0.717, 1.165) is 5.56 Å². The molecule has 0 unspecified atom stereocenters. The minimum absolute atomic E-state index is 0.000646. The summed E-state index contributed by atoms with van der Waals surface area (Å²) in [5.74, 6) is -0.542. The second kappa shape index (κ2) is 6.91. The lowest BCUT2D eigenvalue weighted by atomic mass is 10.1. The molecule has 2 aromatic carbocycles. The molecule has 0 saturated carbocycles. The Balaban J connectivity index is 1.87. The summed E-state index contributed by atoms with van der Waals surface area (Å²) in [5.41, 5.74) is 1.42. The van der Waals surface area contributed by atoms with Crippen LogP contribution in [0.4, 0.5) is 5.69 Å². The van der Waals surface area contributed by atoms with Gasteiger partial charge in [0.1, 0.15) is 5.56 Å². The molecule has 0 bridgehead atoms. The van der Waals surface area contributed by atoms with Gasteiger partial charge in [0.2, 0.25) is 0 Å². The maximum Gasteiger partial charge on any atom is 0.261 e. The molecule has 0 atom stereocenters. The van der Waals surface area contributed by atoms with Gasteiger partial charge >= 0.3 is 0 Å². The Morgan fingerprint density at radius 3 is 2.38 bits per heavy atom. The highest BCUT2D eigenvalue weighted by molar-refractivity contribution is 6.36. The van der Waals surface area contributed by atoms with Crippen LogP contribution in [0.3, 0.4) is 0 Å². The Kier molecular flexibility index (Phi) is 4.69. The average molecular weight is 359 g/mol. The molecule has 4 nitrogen and oxygen atoms in total. The Hall–Kier alpha value is -2.56. The summed E-state index contributed by atoms with van der Waals surface area (Å²) in [5, 5.41) is 3.36. The van der Waals surface area contributed by atoms with Crippen LogP contribution in [0, 0.1) is 0 Å². The quantitative estimate of drug-likeness (QED) is 0.718. The predicted octanol–water partition coefficient (Wildman–Crippen LogP) is 4.60. The number of carbonyl (C=O) groups excluding carboxylic acids is 1. The fourth-order valence-corrected chi connectivity index (χ4v) is 2.67. The van der Waals surface area contributed by atoms with Crippen molar-refractivity contribution in [1.29, 1.82) is 0 Å². The van der Waals surface area contributed by atoms with Gasteiger partial charge in [-0.25, -0.2) is 0 Å². The van der Waals surface area contributed by atoms with Gasteiger partial charge in [-0.05, 0) is 35.9 Å². The average Bonchev–Trinajstić information content (AvgIpc) is 2.58. The second-order valence-corrected chi connectivity index (χ2v) is 5.90. The van der Waals surface area contributed by atoms with E-state index >= 15 is 0 Å². The SMILES string of the molecule is O=C(Nc1ccc(Cl)cc1Cl)c1ccc(-c2ccccc2)[nH]c1=O. The molecular weight excluding hydrogens is 347 g/mol. The number of hydrogen-bond donors (Lipinski definition) is 2. The third kappa shape index (κ3) is 3.50. The molecule has 0 spiro atoms. The van der Waals surface area contributed by atoms with E-state index in [1.54, 1.807) is 18.2 Å². The number of rotatable bonds is 3. The van der Waals surface area contributed by atoms with Crippen molar-refractivity contribution >= 4 is 34.8 Å². The van der Waals surface area contributed by atoms with Crippen molar-refractivity contribution in [3.63, 3.8) is 0 Å². The zero-order valence-electron chi connectivity index (χ0n) is 12.3. The number of carbonyl (C=O) groups is 1. The highest BCUT2D eigenvalue weighted by Crippen LogP contribution is 2.25. The van der Waals surface area contributed by atoms with Gasteiger partial charge in [-0.1, -0.05) is 53.5 Å². The number of benzene rings is 2. The molecule has 3 rings (SSSR count). The monoisotopic (exact) mass is 358 g/mol. The Morgan fingerprint density at radius 2 is 1.71 bits per heavy atom. The number of amides is 1. The van der Waals surface area contributed by atoms with Gasteiger partial charge in [-0.2, -0.15) is 0 Å². The summed E-state index contributed by atoms with van der Waals surface area (Å²) in [6.45, 7) is 0. The van der Waals surface area contributed by atoms with Crippen molar-refractivity contribution in [1.82, 2.24) is 4.98 Å². The molecule has 0 aliphatic heterocycles. The standard InChI is InChI=1S/C18H12Cl2N2O2/c19-12-6-8-16(14(20)10-12)22-18(24)13-7-9-15(21-17(13)23)11-4-2-1-3-5-11/h1-10H,(H,21,23)(H,22,24). The topological polar surface area (TPSA) is 62.0 Å². The Bertz CT molecular complexity index is 953. The largest absolute Gasteiger partial charge is 0.321 e. The van der Waals surface area contributed by atoms with Gasteiger partial charge in [0, 0.05) is 10.7 Å². The fourth-order valence-electron chi connectivity index (χ4n) is 2.22. The molecule has 0 saturated heterocycles. The van der Waals surface area contributed by atoms with Crippen molar-refractivity contribution in [3.05, 3.63) is 86.6 Å². The number of anilines is 1. The first-order valence-electron chi connectivity index (χ1n) is 7.10. The molecule has 2 N–H and O–H groups in total. The minimum Gasteiger partial charge on any atom is -0.321 e. The van der Waals surface area contributed by atoms with E-state index in [4.69, 9.17) is 23.2 Å². The number of H-pyrrole nitrogens is 1. The van der Waals surface area contributed by atoms with Crippen LogP contribution < -0.4 is 10.9 Å². The molecule has 0 aliphatic carbocycles. The van der Waals surface area contributed by atoms with Gasteiger partial charge in [-0.15, -0.1) is 0 Å². The Morgan fingerprint density at radius 1 is 0.958 bits per heavy atom. The lowest BCUT2D eigenvalue weighted by Gasteiger charge is -2.08. The molecule has 120 valence electrons.